The second kappa shape index (κ2) is 4.55. The molecule has 1 rings (SSSR count). The van der Waals surface area contributed by atoms with Gasteiger partial charge in [-0.05, 0) is 25.5 Å². The van der Waals surface area contributed by atoms with E-state index in [2.05, 4.69) is 11.9 Å². The summed E-state index contributed by atoms with van der Waals surface area (Å²) in [6.07, 6.45) is 3.95. The summed E-state index contributed by atoms with van der Waals surface area (Å²) < 4.78 is 0. The van der Waals surface area contributed by atoms with E-state index in [1.165, 1.54) is 6.42 Å². The molecule has 3 heteroatoms. The van der Waals surface area contributed by atoms with Crippen LogP contribution in [0.1, 0.15) is 19.8 Å². The van der Waals surface area contributed by atoms with E-state index in [0.717, 1.165) is 12.2 Å². The summed E-state index contributed by atoms with van der Waals surface area (Å²) in [4.78, 5) is 11.4. The van der Waals surface area contributed by atoms with Gasteiger partial charge in [0, 0.05) is 6.04 Å². The van der Waals surface area contributed by atoms with Crippen LogP contribution in [0.3, 0.4) is 0 Å². The Hall–Kier alpha value is -0.440. The highest BCUT2D eigenvalue weighted by Crippen LogP contribution is 2.26. The van der Waals surface area contributed by atoms with Gasteiger partial charge < -0.3 is 5.32 Å². The summed E-state index contributed by atoms with van der Waals surface area (Å²) in [6, 6.07) is 0.0960. The van der Waals surface area contributed by atoms with Crippen molar-refractivity contribution in [2.75, 3.05) is 5.75 Å². The molecule has 1 heterocycles. The zero-order valence-corrected chi connectivity index (χ0v) is 8.19. The number of carbonyl (C=O) groups excluding carboxylic acids is 1. The largest absolute Gasteiger partial charge is 0.349 e. The predicted octanol–water partition coefficient (Wildman–Crippen LogP) is 1.57. The quantitative estimate of drug-likeness (QED) is 0.676. The van der Waals surface area contributed by atoms with E-state index in [4.69, 9.17) is 0 Å². The molecule has 0 spiro atoms. The van der Waals surface area contributed by atoms with Crippen LogP contribution in [0.2, 0.25) is 0 Å². The van der Waals surface area contributed by atoms with Crippen LogP contribution in [0.15, 0.2) is 12.7 Å². The normalized spacial score (nSPS) is 24.9. The zero-order valence-electron chi connectivity index (χ0n) is 7.38. The van der Waals surface area contributed by atoms with E-state index in [0.29, 0.717) is 0 Å². The third-order valence-electron chi connectivity index (χ3n) is 1.95. The average molecular weight is 185 g/mol. The molecule has 1 saturated heterocycles. The first-order valence-electron chi connectivity index (χ1n) is 4.28. The third kappa shape index (κ3) is 2.55. The lowest BCUT2D eigenvalue weighted by Crippen LogP contribution is -2.36. The summed E-state index contributed by atoms with van der Waals surface area (Å²) in [5.74, 6) is 1.30. The van der Waals surface area contributed by atoms with Crippen molar-refractivity contribution < 1.29 is 4.79 Å². The topological polar surface area (TPSA) is 29.1 Å². The Labute approximate surface area is 77.8 Å². The number of thioether (sulfide) groups is 1. The fourth-order valence-electron chi connectivity index (χ4n) is 1.16. The predicted molar refractivity (Wildman–Crippen MR) is 53.3 cm³/mol. The van der Waals surface area contributed by atoms with Gasteiger partial charge in [-0.25, -0.2) is 0 Å². The van der Waals surface area contributed by atoms with Crippen LogP contribution in [0.4, 0.5) is 0 Å². The number of nitrogens with one attached hydrogen (secondary N) is 1. The molecule has 0 aromatic heterocycles. The van der Waals surface area contributed by atoms with Gasteiger partial charge in [0.1, 0.15) is 0 Å². The fourth-order valence-corrected chi connectivity index (χ4v) is 2.33. The van der Waals surface area contributed by atoms with Gasteiger partial charge in [0.2, 0.25) is 5.91 Å². The van der Waals surface area contributed by atoms with Crippen molar-refractivity contribution in [3.63, 3.8) is 0 Å². The first-order chi connectivity index (χ1) is 5.74. The minimum Gasteiger partial charge on any atom is -0.349 e. The lowest BCUT2D eigenvalue weighted by atomic mass is 10.2. The molecule has 12 heavy (non-hydrogen) atoms. The average Bonchev–Trinajstić information content (AvgIpc) is 2.56. The molecule has 1 N–H and O–H groups in total. The van der Waals surface area contributed by atoms with Crippen LogP contribution >= 0.6 is 11.8 Å². The van der Waals surface area contributed by atoms with E-state index in [1.807, 2.05) is 6.92 Å². The van der Waals surface area contributed by atoms with Gasteiger partial charge in [-0.3, -0.25) is 4.79 Å². The van der Waals surface area contributed by atoms with Crippen LogP contribution < -0.4 is 5.32 Å². The van der Waals surface area contributed by atoms with Crippen LogP contribution in [-0.2, 0) is 4.79 Å². The molecule has 0 aromatic carbocycles. The Morgan fingerprint density at radius 3 is 3.08 bits per heavy atom. The van der Waals surface area contributed by atoms with E-state index < -0.39 is 0 Å². The van der Waals surface area contributed by atoms with Crippen molar-refractivity contribution in [2.24, 2.45) is 0 Å². The van der Waals surface area contributed by atoms with Gasteiger partial charge in [0.25, 0.3) is 0 Å². The van der Waals surface area contributed by atoms with Crippen molar-refractivity contribution in [3.05, 3.63) is 12.7 Å². The van der Waals surface area contributed by atoms with E-state index in [1.54, 1.807) is 17.8 Å². The van der Waals surface area contributed by atoms with Crippen molar-refractivity contribution in [1.29, 1.82) is 0 Å². The molecule has 0 radical (unpaired) electrons. The number of carbonyl (C=O) groups is 1. The molecule has 68 valence electrons. The maximum absolute atomic E-state index is 11.4. The molecular formula is C9H15NOS. The Balaban J connectivity index is 2.31. The lowest BCUT2D eigenvalue weighted by molar-refractivity contribution is -0.120. The molecule has 0 aromatic rings. The standard InChI is InChI=1S/C9H15NOS/c1-3-7(2)10-9(11)8-5-4-6-12-8/h3,7-8H,1,4-6H2,2H3,(H,10,11). The molecule has 1 aliphatic heterocycles. The van der Waals surface area contributed by atoms with E-state index in [9.17, 15) is 4.79 Å². The number of rotatable bonds is 3. The van der Waals surface area contributed by atoms with Crippen LogP contribution in [-0.4, -0.2) is 23.0 Å². The van der Waals surface area contributed by atoms with Gasteiger partial charge in [-0.2, -0.15) is 0 Å². The van der Waals surface area contributed by atoms with Gasteiger partial charge in [-0.1, -0.05) is 6.08 Å². The first-order valence-corrected chi connectivity index (χ1v) is 5.33. The SMILES string of the molecule is C=CC(C)NC(=O)C1CCCS1. The third-order valence-corrected chi connectivity index (χ3v) is 3.32. The minimum atomic E-state index is 0.0960. The van der Waals surface area contributed by atoms with Crippen molar-refractivity contribution in [1.82, 2.24) is 5.32 Å². The van der Waals surface area contributed by atoms with Gasteiger partial charge in [0.05, 0.1) is 5.25 Å². The number of hydrogen-bond acceptors (Lipinski definition) is 2. The molecule has 2 unspecified atom stereocenters. The van der Waals surface area contributed by atoms with Gasteiger partial charge in [-0.15, -0.1) is 18.3 Å². The lowest BCUT2D eigenvalue weighted by Gasteiger charge is -2.12. The van der Waals surface area contributed by atoms with Crippen molar-refractivity contribution >= 4 is 17.7 Å². The molecule has 1 fully saturated rings. The molecule has 0 bridgehead atoms. The Morgan fingerprint density at radius 1 is 1.83 bits per heavy atom. The van der Waals surface area contributed by atoms with E-state index >= 15 is 0 Å². The molecular weight excluding hydrogens is 170 g/mol. The number of amides is 1. The van der Waals surface area contributed by atoms with Crippen LogP contribution in [0, 0.1) is 0 Å². The minimum absolute atomic E-state index is 0.0960. The van der Waals surface area contributed by atoms with Gasteiger partial charge >= 0.3 is 0 Å². The van der Waals surface area contributed by atoms with E-state index in [-0.39, 0.29) is 17.2 Å². The van der Waals surface area contributed by atoms with Crippen molar-refractivity contribution in [3.8, 4) is 0 Å². The monoisotopic (exact) mass is 185 g/mol. The van der Waals surface area contributed by atoms with Gasteiger partial charge in [0.15, 0.2) is 0 Å². The second-order valence-corrected chi connectivity index (χ2v) is 4.35. The highest BCUT2D eigenvalue weighted by molar-refractivity contribution is 8.00. The summed E-state index contributed by atoms with van der Waals surface area (Å²) in [5.41, 5.74) is 0. The Kier molecular flexibility index (Phi) is 3.66. The zero-order chi connectivity index (χ0) is 8.97. The maximum Gasteiger partial charge on any atom is 0.233 e. The Morgan fingerprint density at radius 2 is 2.58 bits per heavy atom. The molecule has 1 aliphatic rings. The summed E-state index contributed by atoms with van der Waals surface area (Å²) in [7, 11) is 0. The number of hydrogen-bond donors (Lipinski definition) is 1. The molecule has 1 amide bonds. The molecule has 0 saturated carbocycles. The van der Waals surface area contributed by atoms with Crippen LogP contribution in [0.25, 0.3) is 0 Å². The highest BCUT2D eigenvalue weighted by Gasteiger charge is 2.23. The summed E-state index contributed by atoms with van der Waals surface area (Å²) in [6.45, 7) is 5.55. The summed E-state index contributed by atoms with van der Waals surface area (Å²) in [5, 5.41) is 3.08. The maximum atomic E-state index is 11.4. The van der Waals surface area contributed by atoms with Crippen LogP contribution in [0.5, 0.6) is 0 Å². The molecule has 2 atom stereocenters. The summed E-state index contributed by atoms with van der Waals surface area (Å²) >= 11 is 1.76. The first kappa shape index (κ1) is 9.65. The fraction of sp³-hybridized carbons (Fsp3) is 0.667. The highest BCUT2D eigenvalue weighted by atomic mass is 32.2. The molecule has 0 aliphatic carbocycles. The second-order valence-electron chi connectivity index (χ2n) is 3.03. The van der Waals surface area contributed by atoms with Crippen molar-refractivity contribution in [2.45, 2.75) is 31.1 Å². The smallest absolute Gasteiger partial charge is 0.233 e. The Bertz CT molecular complexity index is 175. The molecule has 2 nitrogen and oxygen atoms in total.